The highest BCUT2D eigenvalue weighted by atomic mass is 35.5. The maximum atomic E-state index is 11.9. The summed E-state index contributed by atoms with van der Waals surface area (Å²) < 4.78 is 9.91. The van der Waals surface area contributed by atoms with Gasteiger partial charge in [0.1, 0.15) is 14.8 Å². The maximum Gasteiger partial charge on any atom is 0.346 e. The normalized spacial score (nSPS) is 13.5. The van der Waals surface area contributed by atoms with Gasteiger partial charge < -0.3 is 14.8 Å². The van der Waals surface area contributed by atoms with Gasteiger partial charge in [-0.1, -0.05) is 59.5 Å². The summed E-state index contributed by atoms with van der Waals surface area (Å²) in [7, 11) is 2.48. The first-order valence-corrected chi connectivity index (χ1v) is 9.33. The quantitative estimate of drug-likeness (QED) is 0.446. The summed E-state index contributed by atoms with van der Waals surface area (Å²) in [4.78, 5) is 24.3. The number of halogens is 1. The molecule has 0 amide bonds. The number of nitrogens with one attached hydrogen (secondary N) is 1. The summed E-state index contributed by atoms with van der Waals surface area (Å²) in [6.07, 6.45) is 0. The molecule has 1 aliphatic heterocycles. The van der Waals surface area contributed by atoms with Gasteiger partial charge in [0.2, 0.25) is 0 Å². The summed E-state index contributed by atoms with van der Waals surface area (Å²) in [5, 5.41) is 3.28. The standard InChI is InChI=1S/C16H14ClNO4S3/c1-8-5-4-6-9(7-8)18-13(23)10(17)16-24-11(14(19)21-2)12(25-16)15(20)22-3/h4-7H,1-3H3,(H,18,23). The van der Waals surface area contributed by atoms with E-state index in [1.165, 1.54) is 14.2 Å². The number of hydrogen-bond donors (Lipinski definition) is 1. The molecule has 0 fully saturated rings. The summed E-state index contributed by atoms with van der Waals surface area (Å²) in [5.41, 5.74) is 1.87. The molecular formula is C16H14ClNO4S3. The molecule has 1 N–H and O–H groups in total. The van der Waals surface area contributed by atoms with Crippen molar-refractivity contribution in [1.29, 1.82) is 0 Å². The lowest BCUT2D eigenvalue weighted by atomic mass is 10.2. The Labute approximate surface area is 164 Å². The number of esters is 2. The Morgan fingerprint density at radius 3 is 2.16 bits per heavy atom. The predicted octanol–water partition coefficient (Wildman–Crippen LogP) is 4.18. The van der Waals surface area contributed by atoms with E-state index in [1.807, 2.05) is 31.2 Å². The molecule has 0 atom stereocenters. The van der Waals surface area contributed by atoms with E-state index in [1.54, 1.807) is 0 Å². The van der Waals surface area contributed by atoms with Gasteiger partial charge in [-0.25, -0.2) is 9.59 Å². The van der Waals surface area contributed by atoms with E-state index in [2.05, 4.69) is 5.32 Å². The van der Waals surface area contributed by atoms with Crippen LogP contribution in [0.2, 0.25) is 0 Å². The van der Waals surface area contributed by atoms with Gasteiger partial charge in [-0.2, -0.15) is 0 Å². The van der Waals surface area contributed by atoms with Crippen LogP contribution in [0.25, 0.3) is 0 Å². The molecule has 25 heavy (non-hydrogen) atoms. The van der Waals surface area contributed by atoms with Crippen LogP contribution in [0.4, 0.5) is 5.69 Å². The molecule has 0 saturated carbocycles. The number of anilines is 1. The van der Waals surface area contributed by atoms with Crippen molar-refractivity contribution in [2.75, 3.05) is 19.5 Å². The largest absolute Gasteiger partial charge is 0.465 e. The van der Waals surface area contributed by atoms with Crippen molar-refractivity contribution in [3.05, 3.63) is 48.9 Å². The van der Waals surface area contributed by atoms with Crippen LogP contribution in [0.15, 0.2) is 43.3 Å². The number of carbonyl (C=O) groups excluding carboxylic acids is 2. The number of carbonyl (C=O) groups is 2. The van der Waals surface area contributed by atoms with Gasteiger partial charge in [-0.05, 0) is 24.6 Å². The molecule has 0 unspecified atom stereocenters. The fraction of sp³-hybridized carbons (Fsp3) is 0.188. The second-order valence-electron chi connectivity index (χ2n) is 4.77. The molecule has 0 aromatic heterocycles. The van der Waals surface area contributed by atoms with Crippen LogP contribution in [-0.4, -0.2) is 31.1 Å². The van der Waals surface area contributed by atoms with Gasteiger partial charge in [-0.15, -0.1) is 0 Å². The van der Waals surface area contributed by atoms with Gasteiger partial charge in [0.15, 0.2) is 0 Å². The summed E-state index contributed by atoms with van der Waals surface area (Å²) >= 11 is 13.7. The lowest BCUT2D eigenvalue weighted by molar-refractivity contribution is -0.138. The summed E-state index contributed by atoms with van der Waals surface area (Å²) in [6, 6.07) is 7.65. The third kappa shape index (κ3) is 4.78. The highest BCUT2D eigenvalue weighted by Gasteiger charge is 2.34. The molecule has 5 nitrogen and oxygen atoms in total. The van der Waals surface area contributed by atoms with Crippen molar-refractivity contribution in [1.82, 2.24) is 0 Å². The lowest BCUT2D eigenvalue weighted by Crippen LogP contribution is -2.09. The van der Waals surface area contributed by atoms with E-state index in [-0.39, 0.29) is 19.8 Å². The Morgan fingerprint density at radius 2 is 1.68 bits per heavy atom. The molecular weight excluding hydrogens is 402 g/mol. The van der Waals surface area contributed by atoms with Crippen LogP contribution in [0.1, 0.15) is 5.56 Å². The number of thiocarbonyl (C=S) groups is 1. The molecule has 1 aromatic carbocycles. The average Bonchev–Trinajstić information content (AvgIpc) is 3.04. The number of aryl methyl sites for hydroxylation is 1. The smallest absolute Gasteiger partial charge is 0.346 e. The number of hydrogen-bond acceptors (Lipinski definition) is 7. The van der Waals surface area contributed by atoms with Gasteiger partial charge in [0, 0.05) is 5.69 Å². The first-order chi connectivity index (χ1) is 11.9. The fourth-order valence-corrected chi connectivity index (χ4v) is 4.83. The van der Waals surface area contributed by atoms with Gasteiger partial charge in [0.05, 0.1) is 23.5 Å². The van der Waals surface area contributed by atoms with Crippen LogP contribution >= 0.6 is 47.3 Å². The minimum absolute atomic E-state index is 0.130. The van der Waals surface area contributed by atoms with Crippen molar-refractivity contribution in [3.63, 3.8) is 0 Å². The third-order valence-corrected chi connectivity index (χ3v) is 6.57. The Morgan fingerprint density at radius 1 is 1.12 bits per heavy atom. The van der Waals surface area contributed by atoms with Crippen molar-refractivity contribution in [2.45, 2.75) is 6.92 Å². The molecule has 1 aromatic rings. The Balaban J connectivity index is 2.24. The van der Waals surface area contributed by atoms with Gasteiger partial charge in [-0.3, -0.25) is 0 Å². The lowest BCUT2D eigenvalue weighted by Gasteiger charge is -2.09. The van der Waals surface area contributed by atoms with Crippen LogP contribution in [-0.2, 0) is 19.1 Å². The SMILES string of the molecule is COC(=O)C1=C(C(=O)OC)SC(=C(Cl)C(=S)Nc2cccc(C)c2)S1. The number of benzene rings is 1. The summed E-state index contributed by atoms with van der Waals surface area (Å²) in [5.74, 6) is -1.26. The van der Waals surface area contributed by atoms with E-state index in [0.717, 1.165) is 34.8 Å². The van der Waals surface area contributed by atoms with Crippen LogP contribution < -0.4 is 5.32 Å². The molecule has 0 aliphatic carbocycles. The fourth-order valence-electron chi connectivity index (χ4n) is 1.84. The number of ether oxygens (including phenoxy) is 2. The molecule has 2 rings (SSSR count). The molecule has 1 heterocycles. The van der Waals surface area contributed by atoms with E-state index in [0.29, 0.717) is 4.24 Å². The van der Waals surface area contributed by atoms with Crippen molar-refractivity contribution >= 4 is 70.0 Å². The number of rotatable bonds is 4. The molecule has 0 bridgehead atoms. The second-order valence-corrected chi connectivity index (χ2v) is 7.86. The molecule has 0 radical (unpaired) electrons. The van der Waals surface area contributed by atoms with Gasteiger partial charge >= 0.3 is 11.9 Å². The Bertz CT molecular complexity index is 774. The minimum atomic E-state index is -0.630. The first-order valence-electron chi connectivity index (χ1n) is 6.91. The number of thioether (sulfide) groups is 2. The molecule has 0 spiro atoms. The van der Waals surface area contributed by atoms with E-state index in [9.17, 15) is 9.59 Å². The van der Waals surface area contributed by atoms with E-state index in [4.69, 9.17) is 33.3 Å². The predicted molar refractivity (Wildman–Crippen MR) is 107 cm³/mol. The van der Waals surface area contributed by atoms with Crippen LogP contribution in [0.3, 0.4) is 0 Å². The zero-order chi connectivity index (χ0) is 18.6. The summed E-state index contributed by atoms with van der Waals surface area (Å²) in [6.45, 7) is 1.96. The third-order valence-electron chi connectivity index (χ3n) is 2.99. The van der Waals surface area contributed by atoms with Crippen molar-refractivity contribution in [2.24, 2.45) is 0 Å². The Kier molecular flexibility index (Phi) is 6.95. The van der Waals surface area contributed by atoms with Crippen molar-refractivity contribution < 1.29 is 19.1 Å². The van der Waals surface area contributed by atoms with Crippen LogP contribution in [0, 0.1) is 6.92 Å². The first kappa shape index (κ1) is 19.8. The monoisotopic (exact) mass is 415 g/mol. The second kappa shape index (κ2) is 8.75. The molecule has 9 heteroatoms. The zero-order valence-corrected chi connectivity index (χ0v) is 16.8. The van der Waals surface area contributed by atoms with E-state index < -0.39 is 11.9 Å². The number of methoxy groups -OCH3 is 2. The Hall–Kier alpha value is -1.48. The zero-order valence-electron chi connectivity index (χ0n) is 13.5. The molecule has 0 saturated heterocycles. The van der Waals surface area contributed by atoms with E-state index >= 15 is 0 Å². The minimum Gasteiger partial charge on any atom is -0.465 e. The highest BCUT2D eigenvalue weighted by Crippen LogP contribution is 2.52. The van der Waals surface area contributed by atoms with Crippen molar-refractivity contribution in [3.8, 4) is 0 Å². The van der Waals surface area contributed by atoms with Gasteiger partial charge in [0.25, 0.3) is 0 Å². The maximum absolute atomic E-state index is 11.9. The highest BCUT2D eigenvalue weighted by molar-refractivity contribution is 8.29. The molecule has 1 aliphatic rings. The van der Waals surface area contributed by atoms with Crippen LogP contribution in [0.5, 0.6) is 0 Å². The average molecular weight is 416 g/mol. The molecule has 132 valence electrons. The topological polar surface area (TPSA) is 64.6 Å².